The van der Waals surface area contributed by atoms with Crippen molar-refractivity contribution in [2.45, 2.75) is 38.6 Å². The van der Waals surface area contributed by atoms with Gasteiger partial charge in [0.1, 0.15) is 0 Å². The van der Waals surface area contributed by atoms with Gasteiger partial charge in [0.25, 0.3) is 0 Å². The Labute approximate surface area is 134 Å². The van der Waals surface area contributed by atoms with Crippen molar-refractivity contribution in [2.75, 3.05) is 20.1 Å². The lowest BCUT2D eigenvalue weighted by atomic mass is 9.99. The van der Waals surface area contributed by atoms with E-state index >= 15 is 0 Å². The molecule has 1 aromatic rings. The number of hydrogen-bond donors (Lipinski definition) is 1. The lowest BCUT2D eigenvalue weighted by Gasteiger charge is -2.32. The smallest absolute Gasteiger partial charge is 0.227 e. The highest BCUT2D eigenvalue weighted by Crippen LogP contribution is 2.31. The number of rotatable bonds is 4. The second kappa shape index (κ2) is 9.06. The van der Waals surface area contributed by atoms with Crippen LogP contribution in [0.25, 0.3) is 0 Å². The van der Waals surface area contributed by atoms with Crippen molar-refractivity contribution in [3.63, 3.8) is 0 Å². The minimum Gasteiger partial charge on any atom is -0.335 e. The normalized spacial score (nSPS) is 20.3. The molecule has 1 N–H and O–H groups in total. The van der Waals surface area contributed by atoms with Crippen LogP contribution >= 0.6 is 12.4 Å². The number of likely N-dealkylation sites (tertiary alicyclic amines) is 1. The molecule has 1 aliphatic heterocycles. The average Bonchev–Trinajstić information content (AvgIpc) is 2.73. The van der Waals surface area contributed by atoms with E-state index in [1.165, 1.54) is 18.4 Å². The van der Waals surface area contributed by atoms with Gasteiger partial charge in [0, 0.05) is 19.0 Å². The van der Waals surface area contributed by atoms with Gasteiger partial charge in [-0.25, -0.2) is 0 Å². The van der Waals surface area contributed by atoms with Gasteiger partial charge in [0.15, 0.2) is 0 Å². The molecule has 118 valence electrons. The highest BCUT2D eigenvalue weighted by atomic mass is 35.5. The summed E-state index contributed by atoms with van der Waals surface area (Å²) < 4.78 is 0. The molecule has 2 unspecified atom stereocenters. The quantitative estimate of drug-likeness (QED) is 0.924. The molecule has 1 amide bonds. The van der Waals surface area contributed by atoms with E-state index in [-0.39, 0.29) is 30.3 Å². The Morgan fingerprint density at radius 3 is 2.67 bits per heavy atom. The Morgan fingerprint density at radius 1 is 1.29 bits per heavy atom. The molecule has 1 heterocycles. The first-order valence-electron chi connectivity index (χ1n) is 7.74. The van der Waals surface area contributed by atoms with Gasteiger partial charge in [-0.1, -0.05) is 50.1 Å². The summed E-state index contributed by atoms with van der Waals surface area (Å²) in [6.07, 6.45) is 4.65. The molecule has 2 atom stereocenters. The number of carbonyl (C=O) groups is 1. The highest BCUT2D eigenvalue weighted by molar-refractivity contribution is 5.85. The molecule has 3 nitrogen and oxygen atoms in total. The summed E-state index contributed by atoms with van der Waals surface area (Å²) in [6.45, 7) is 3.66. The van der Waals surface area contributed by atoms with Gasteiger partial charge in [-0.2, -0.15) is 0 Å². The second-order valence-electron chi connectivity index (χ2n) is 5.77. The minimum absolute atomic E-state index is 0. The van der Waals surface area contributed by atoms with E-state index in [1.807, 2.05) is 20.0 Å². The van der Waals surface area contributed by atoms with Crippen LogP contribution in [0.5, 0.6) is 0 Å². The van der Waals surface area contributed by atoms with Crippen molar-refractivity contribution in [3.8, 4) is 0 Å². The fourth-order valence-electron chi connectivity index (χ4n) is 3.07. The van der Waals surface area contributed by atoms with E-state index in [2.05, 4.69) is 34.5 Å². The molecule has 1 aromatic carbocycles. The molecule has 0 radical (unpaired) electrons. The van der Waals surface area contributed by atoms with Gasteiger partial charge >= 0.3 is 0 Å². The van der Waals surface area contributed by atoms with E-state index in [4.69, 9.17) is 0 Å². The first-order valence-corrected chi connectivity index (χ1v) is 7.74. The topological polar surface area (TPSA) is 32.3 Å². The molecular weight excluding hydrogens is 284 g/mol. The SMILES string of the molecule is CNCC(C)C(=O)N1CCCCCC1c1ccccc1.Cl. The summed E-state index contributed by atoms with van der Waals surface area (Å²) in [5, 5.41) is 3.11. The fourth-order valence-corrected chi connectivity index (χ4v) is 3.07. The third-order valence-corrected chi connectivity index (χ3v) is 4.15. The average molecular weight is 311 g/mol. The van der Waals surface area contributed by atoms with Crippen LogP contribution in [-0.2, 0) is 4.79 Å². The van der Waals surface area contributed by atoms with E-state index in [1.54, 1.807) is 0 Å². The molecule has 2 rings (SSSR count). The van der Waals surface area contributed by atoms with Crippen molar-refractivity contribution < 1.29 is 4.79 Å². The Balaban J connectivity index is 0.00000220. The highest BCUT2D eigenvalue weighted by Gasteiger charge is 2.29. The van der Waals surface area contributed by atoms with Crippen LogP contribution in [0, 0.1) is 5.92 Å². The van der Waals surface area contributed by atoms with Crippen LogP contribution in [0.3, 0.4) is 0 Å². The molecule has 1 aliphatic rings. The lowest BCUT2D eigenvalue weighted by molar-refractivity contribution is -0.137. The van der Waals surface area contributed by atoms with Gasteiger partial charge < -0.3 is 10.2 Å². The minimum atomic E-state index is 0. The van der Waals surface area contributed by atoms with Crippen LogP contribution in [0.1, 0.15) is 44.2 Å². The largest absolute Gasteiger partial charge is 0.335 e. The molecule has 0 saturated carbocycles. The Kier molecular flexibility index (Phi) is 7.76. The van der Waals surface area contributed by atoms with Gasteiger partial charge in [0.05, 0.1) is 6.04 Å². The Hall–Kier alpha value is -1.06. The van der Waals surface area contributed by atoms with Gasteiger partial charge in [-0.05, 0) is 25.5 Å². The van der Waals surface area contributed by atoms with E-state index in [0.717, 1.165) is 25.9 Å². The third kappa shape index (κ3) is 4.72. The standard InChI is InChI=1S/C17H26N2O.ClH/c1-14(13-18-2)17(20)19-12-8-4-7-11-16(19)15-9-5-3-6-10-15;/h3,5-6,9-10,14,16,18H,4,7-8,11-13H2,1-2H3;1H. The van der Waals surface area contributed by atoms with Gasteiger partial charge in [-0.15, -0.1) is 12.4 Å². The zero-order chi connectivity index (χ0) is 14.4. The van der Waals surface area contributed by atoms with E-state index < -0.39 is 0 Å². The zero-order valence-corrected chi connectivity index (χ0v) is 13.9. The molecule has 1 fully saturated rings. The van der Waals surface area contributed by atoms with Crippen LogP contribution in [-0.4, -0.2) is 30.9 Å². The van der Waals surface area contributed by atoms with Crippen molar-refractivity contribution in [3.05, 3.63) is 35.9 Å². The van der Waals surface area contributed by atoms with Crippen LogP contribution in [0.15, 0.2) is 30.3 Å². The number of halogens is 1. The molecule has 4 heteroatoms. The molecule has 0 bridgehead atoms. The summed E-state index contributed by atoms with van der Waals surface area (Å²) in [4.78, 5) is 14.8. The number of carbonyl (C=O) groups excluding carboxylic acids is 1. The zero-order valence-electron chi connectivity index (χ0n) is 13.0. The van der Waals surface area contributed by atoms with Crippen LogP contribution in [0.2, 0.25) is 0 Å². The molecular formula is C17H27ClN2O. The van der Waals surface area contributed by atoms with Crippen molar-refractivity contribution in [1.82, 2.24) is 10.2 Å². The summed E-state index contributed by atoms with van der Waals surface area (Å²) in [7, 11) is 1.90. The monoisotopic (exact) mass is 310 g/mol. The summed E-state index contributed by atoms with van der Waals surface area (Å²) >= 11 is 0. The Bertz CT molecular complexity index is 424. The molecule has 21 heavy (non-hydrogen) atoms. The first kappa shape index (κ1) is 18.0. The summed E-state index contributed by atoms with van der Waals surface area (Å²) in [5.74, 6) is 0.333. The first-order chi connectivity index (χ1) is 9.74. The van der Waals surface area contributed by atoms with Crippen LogP contribution in [0.4, 0.5) is 0 Å². The maximum absolute atomic E-state index is 12.7. The number of nitrogens with zero attached hydrogens (tertiary/aromatic N) is 1. The van der Waals surface area contributed by atoms with E-state index in [0.29, 0.717) is 0 Å². The van der Waals surface area contributed by atoms with E-state index in [9.17, 15) is 4.79 Å². The predicted molar refractivity (Wildman–Crippen MR) is 89.7 cm³/mol. The number of nitrogens with one attached hydrogen (secondary N) is 1. The number of amides is 1. The second-order valence-corrected chi connectivity index (χ2v) is 5.77. The summed E-state index contributed by atoms with van der Waals surface area (Å²) in [5.41, 5.74) is 1.28. The maximum Gasteiger partial charge on any atom is 0.227 e. The fraction of sp³-hybridized carbons (Fsp3) is 0.588. The Morgan fingerprint density at radius 2 is 2.00 bits per heavy atom. The number of benzene rings is 1. The molecule has 0 aromatic heterocycles. The van der Waals surface area contributed by atoms with Gasteiger partial charge in [-0.3, -0.25) is 4.79 Å². The molecule has 0 aliphatic carbocycles. The van der Waals surface area contributed by atoms with Crippen molar-refractivity contribution in [1.29, 1.82) is 0 Å². The van der Waals surface area contributed by atoms with Crippen molar-refractivity contribution >= 4 is 18.3 Å². The third-order valence-electron chi connectivity index (χ3n) is 4.15. The lowest BCUT2D eigenvalue weighted by Crippen LogP contribution is -2.40. The number of hydrogen-bond acceptors (Lipinski definition) is 2. The maximum atomic E-state index is 12.7. The molecule has 1 saturated heterocycles. The van der Waals surface area contributed by atoms with Crippen molar-refractivity contribution in [2.24, 2.45) is 5.92 Å². The predicted octanol–water partition coefficient (Wildman–Crippen LogP) is 3.41. The van der Waals surface area contributed by atoms with Gasteiger partial charge in [0.2, 0.25) is 5.91 Å². The molecule has 0 spiro atoms. The summed E-state index contributed by atoms with van der Waals surface area (Å²) in [6, 6.07) is 10.7. The van der Waals surface area contributed by atoms with Crippen LogP contribution < -0.4 is 5.32 Å².